The van der Waals surface area contributed by atoms with Gasteiger partial charge in [0.15, 0.2) is 5.78 Å². The van der Waals surface area contributed by atoms with E-state index in [-0.39, 0.29) is 11.8 Å². The van der Waals surface area contributed by atoms with Gasteiger partial charge in [0.25, 0.3) is 0 Å². The first kappa shape index (κ1) is 17.7. The molecule has 0 bridgehead atoms. The van der Waals surface area contributed by atoms with Crippen LogP contribution in [0.5, 0.6) is 5.75 Å². The highest BCUT2D eigenvalue weighted by Crippen LogP contribution is 2.22. The van der Waals surface area contributed by atoms with Crippen molar-refractivity contribution in [2.45, 2.75) is 19.4 Å². The number of nitrogens with one attached hydrogen (secondary N) is 1. The third-order valence-electron chi connectivity index (χ3n) is 4.16. The number of nitrogens with zero attached hydrogens (tertiary/aromatic N) is 1. The summed E-state index contributed by atoms with van der Waals surface area (Å²) >= 11 is 0. The van der Waals surface area contributed by atoms with Gasteiger partial charge in [-0.15, -0.1) is 0 Å². The van der Waals surface area contributed by atoms with Gasteiger partial charge in [0.2, 0.25) is 0 Å². The van der Waals surface area contributed by atoms with E-state index in [9.17, 15) is 4.79 Å². The number of nitrogen functional groups attached to an aromatic ring is 1. The molecule has 1 aliphatic heterocycles. The van der Waals surface area contributed by atoms with Gasteiger partial charge in [0.05, 0.1) is 32.1 Å². The van der Waals surface area contributed by atoms with Crippen molar-refractivity contribution in [2.24, 2.45) is 0 Å². The fraction of sp³-hybridized carbons (Fsp3) is 0.588. The van der Waals surface area contributed by atoms with E-state index in [1.165, 1.54) is 0 Å². The number of anilines is 1. The number of methoxy groups -OCH3 is 1. The SMILES string of the molecule is CCC(NCCN1CCOCC1)C(=O)c1ccc(OC)c(N)c1. The Hall–Kier alpha value is -1.63. The van der Waals surface area contributed by atoms with Crippen LogP contribution in [0.4, 0.5) is 5.69 Å². The second kappa shape index (κ2) is 8.86. The molecule has 128 valence electrons. The van der Waals surface area contributed by atoms with Crippen molar-refractivity contribution in [2.75, 3.05) is 52.2 Å². The number of benzene rings is 1. The van der Waals surface area contributed by atoms with Crippen molar-refractivity contribution >= 4 is 11.5 Å². The van der Waals surface area contributed by atoms with Gasteiger partial charge in [-0.3, -0.25) is 9.69 Å². The zero-order chi connectivity index (χ0) is 16.7. The van der Waals surface area contributed by atoms with E-state index >= 15 is 0 Å². The third-order valence-corrected chi connectivity index (χ3v) is 4.16. The number of Topliss-reactive ketones (excluding diaryl/α,β-unsaturated/α-hetero) is 1. The minimum absolute atomic E-state index is 0.0730. The molecule has 1 aromatic rings. The lowest BCUT2D eigenvalue weighted by Crippen LogP contribution is -2.44. The van der Waals surface area contributed by atoms with Gasteiger partial charge >= 0.3 is 0 Å². The molecule has 0 spiro atoms. The van der Waals surface area contributed by atoms with Crippen LogP contribution in [0.25, 0.3) is 0 Å². The summed E-state index contributed by atoms with van der Waals surface area (Å²) < 4.78 is 10.5. The molecule has 0 amide bonds. The van der Waals surface area contributed by atoms with Crippen molar-refractivity contribution in [3.8, 4) is 5.75 Å². The molecule has 6 nitrogen and oxygen atoms in total. The Morgan fingerprint density at radius 1 is 1.43 bits per heavy atom. The molecular weight excluding hydrogens is 294 g/mol. The lowest BCUT2D eigenvalue weighted by Gasteiger charge is -2.27. The maximum Gasteiger partial charge on any atom is 0.179 e. The van der Waals surface area contributed by atoms with Crippen molar-refractivity contribution in [1.82, 2.24) is 10.2 Å². The molecule has 1 aliphatic rings. The summed E-state index contributed by atoms with van der Waals surface area (Å²) in [6, 6.07) is 5.00. The van der Waals surface area contributed by atoms with E-state index in [0.29, 0.717) is 17.0 Å². The lowest BCUT2D eigenvalue weighted by atomic mass is 10.0. The Kier molecular flexibility index (Phi) is 6.83. The quantitative estimate of drug-likeness (QED) is 0.553. The van der Waals surface area contributed by atoms with Crippen LogP contribution in [0.3, 0.4) is 0 Å². The summed E-state index contributed by atoms with van der Waals surface area (Å²) in [7, 11) is 1.56. The Morgan fingerprint density at radius 2 is 2.17 bits per heavy atom. The smallest absolute Gasteiger partial charge is 0.179 e. The molecule has 1 saturated heterocycles. The molecule has 0 saturated carbocycles. The Balaban J connectivity index is 1.88. The largest absolute Gasteiger partial charge is 0.495 e. The molecule has 0 aliphatic carbocycles. The molecule has 1 aromatic carbocycles. The van der Waals surface area contributed by atoms with E-state index < -0.39 is 0 Å². The number of rotatable bonds is 8. The fourth-order valence-electron chi connectivity index (χ4n) is 2.73. The zero-order valence-electron chi connectivity index (χ0n) is 14.0. The van der Waals surface area contributed by atoms with Crippen LogP contribution >= 0.6 is 0 Å². The highest BCUT2D eigenvalue weighted by Gasteiger charge is 2.19. The Bertz CT molecular complexity index is 516. The summed E-state index contributed by atoms with van der Waals surface area (Å²) in [6.07, 6.45) is 0.744. The average molecular weight is 321 g/mol. The van der Waals surface area contributed by atoms with E-state index in [2.05, 4.69) is 10.2 Å². The summed E-state index contributed by atoms with van der Waals surface area (Å²) in [5.41, 5.74) is 7.00. The number of morpholine rings is 1. The fourth-order valence-corrected chi connectivity index (χ4v) is 2.73. The van der Waals surface area contributed by atoms with Gasteiger partial charge in [-0.25, -0.2) is 0 Å². The van der Waals surface area contributed by atoms with Gasteiger partial charge in [0.1, 0.15) is 5.75 Å². The lowest BCUT2D eigenvalue weighted by molar-refractivity contribution is 0.0380. The number of nitrogens with two attached hydrogens (primary N) is 1. The van der Waals surface area contributed by atoms with Crippen LogP contribution in [-0.2, 0) is 4.74 Å². The minimum atomic E-state index is -0.191. The topological polar surface area (TPSA) is 76.8 Å². The molecule has 23 heavy (non-hydrogen) atoms. The van der Waals surface area contributed by atoms with Gasteiger partial charge in [0, 0.05) is 31.7 Å². The van der Waals surface area contributed by atoms with Crippen LogP contribution in [0.1, 0.15) is 23.7 Å². The Morgan fingerprint density at radius 3 is 2.78 bits per heavy atom. The highest BCUT2D eigenvalue weighted by molar-refractivity contribution is 6.01. The minimum Gasteiger partial charge on any atom is -0.495 e. The first-order valence-electron chi connectivity index (χ1n) is 8.17. The monoisotopic (exact) mass is 321 g/mol. The number of hydrogen-bond acceptors (Lipinski definition) is 6. The van der Waals surface area contributed by atoms with Crippen LogP contribution < -0.4 is 15.8 Å². The van der Waals surface area contributed by atoms with E-state index in [0.717, 1.165) is 45.8 Å². The molecule has 2 rings (SSSR count). The molecule has 1 fully saturated rings. The van der Waals surface area contributed by atoms with E-state index in [1.807, 2.05) is 6.92 Å². The highest BCUT2D eigenvalue weighted by atomic mass is 16.5. The summed E-state index contributed by atoms with van der Waals surface area (Å²) in [4.78, 5) is 15.0. The van der Waals surface area contributed by atoms with Gasteiger partial charge in [-0.05, 0) is 24.6 Å². The average Bonchev–Trinajstić information content (AvgIpc) is 2.59. The predicted molar refractivity (Wildman–Crippen MR) is 91.1 cm³/mol. The van der Waals surface area contributed by atoms with Gasteiger partial charge < -0.3 is 20.5 Å². The summed E-state index contributed by atoms with van der Waals surface area (Å²) in [6.45, 7) is 7.23. The number of carbonyl (C=O) groups is 1. The third kappa shape index (κ3) is 4.92. The van der Waals surface area contributed by atoms with Crippen molar-refractivity contribution < 1.29 is 14.3 Å². The summed E-state index contributed by atoms with van der Waals surface area (Å²) in [5.74, 6) is 0.665. The van der Waals surface area contributed by atoms with Crippen molar-refractivity contribution in [1.29, 1.82) is 0 Å². The van der Waals surface area contributed by atoms with Crippen LogP contribution in [0.15, 0.2) is 18.2 Å². The van der Waals surface area contributed by atoms with Gasteiger partial charge in [-0.2, -0.15) is 0 Å². The maximum absolute atomic E-state index is 12.6. The molecule has 1 atom stereocenters. The van der Waals surface area contributed by atoms with Crippen LogP contribution in [0, 0.1) is 0 Å². The first-order valence-corrected chi connectivity index (χ1v) is 8.17. The number of ketones is 1. The van der Waals surface area contributed by atoms with Gasteiger partial charge in [-0.1, -0.05) is 6.92 Å². The molecule has 6 heteroatoms. The predicted octanol–water partition coefficient (Wildman–Crippen LogP) is 1.16. The first-order chi connectivity index (χ1) is 11.2. The standard InChI is InChI=1S/C17H27N3O3/c1-3-15(19-6-7-20-8-10-23-11-9-20)17(21)13-4-5-16(22-2)14(18)12-13/h4-5,12,15,19H,3,6-11,18H2,1-2H3. The molecule has 1 heterocycles. The van der Waals surface area contributed by atoms with Crippen LogP contribution in [-0.4, -0.2) is 63.2 Å². The second-order valence-electron chi connectivity index (χ2n) is 5.69. The normalized spacial score (nSPS) is 17.0. The van der Waals surface area contributed by atoms with Crippen molar-refractivity contribution in [3.05, 3.63) is 23.8 Å². The number of hydrogen-bond donors (Lipinski definition) is 2. The zero-order valence-corrected chi connectivity index (χ0v) is 14.0. The number of ether oxygens (including phenoxy) is 2. The Labute approximate surface area is 137 Å². The molecule has 1 unspecified atom stereocenters. The van der Waals surface area contributed by atoms with Crippen molar-refractivity contribution in [3.63, 3.8) is 0 Å². The summed E-state index contributed by atoms with van der Waals surface area (Å²) in [5, 5.41) is 3.36. The molecule has 3 N–H and O–H groups in total. The molecule has 0 radical (unpaired) electrons. The van der Waals surface area contributed by atoms with Crippen LogP contribution in [0.2, 0.25) is 0 Å². The van der Waals surface area contributed by atoms with E-state index in [4.69, 9.17) is 15.2 Å². The number of carbonyl (C=O) groups excluding carboxylic acids is 1. The molecule has 0 aromatic heterocycles. The maximum atomic E-state index is 12.6. The molecular formula is C17H27N3O3. The second-order valence-corrected chi connectivity index (χ2v) is 5.69. The van der Waals surface area contributed by atoms with E-state index in [1.54, 1.807) is 25.3 Å².